The number of hydrogen-bond acceptors (Lipinski definition) is 3. The third-order valence-corrected chi connectivity index (χ3v) is 3.26. The molecule has 0 amide bonds. The highest BCUT2D eigenvalue weighted by Gasteiger charge is 2.62. The van der Waals surface area contributed by atoms with E-state index in [0.717, 1.165) is 0 Å². The average molecular weight is 260 g/mol. The highest BCUT2D eigenvalue weighted by Crippen LogP contribution is 2.49. The van der Waals surface area contributed by atoms with E-state index in [0.29, 0.717) is 17.0 Å². The number of nitrogens with one attached hydrogen (secondary N) is 1. The van der Waals surface area contributed by atoms with Crippen LogP contribution in [0.15, 0.2) is 18.2 Å². The van der Waals surface area contributed by atoms with Gasteiger partial charge >= 0.3 is 6.18 Å². The van der Waals surface area contributed by atoms with Gasteiger partial charge in [0, 0.05) is 18.3 Å². The Morgan fingerprint density at radius 2 is 2.06 bits per heavy atom. The zero-order valence-electron chi connectivity index (χ0n) is 9.97. The highest BCUT2D eigenvalue weighted by molar-refractivity contribution is 5.51. The lowest BCUT2D eigenvalue weighted by Gasteiger charge is -2.21. The summed E-state index contributed by atoms with van der Waals surface area (Å²) >= 11 is 0. The van der Waals surface area contributed by atoms with Crippen LogP contribution in [0.5, 0.6) is 5.75 Å². The highest BCUT2D eigenvalue weighted by atomic mass is 19.4. The molecule has 1 aliphatic carbocycles. The molecule has 0 aliphatic heterocycles. The minimum absolute atomic E-state index is 0.106. The number of methoxy groups -OCH3 is 1. The predicted octanol–water partition coefficient (Wildman–Crippen LogP) is 2.46. The number of nitrogen functional groups attached to an aromatic ring is 1. The van der Waals surface area contributed by atoms with Crippen LogP contribution in [-0.2, 0) is 6.54 Å². The van der Waals surface area contributed by atoms with Crippen LogP contribution < -0.4 is 15.8 Å². The number of nitrogens with two attached hydrogens (primary N) is 1. The summed E-state index contributed by atoms with van der Waals surface area (Å²) in [7, 11) is 1.51. The van der Waals surface area contributed by atoms with Gasteiger partial charge in [0.05, 0.1) is 7.11 Å². The summed E-state index contributed by atoms with van der Waals surface area (Å²) in [5.41, 5.74) is 5.12. The average Bonchev–Trinajstić information content (AvgIpc) is 3.07. The van der Waals surface area contributed by atoms with Crippen LogP contribution in [-0.4, -0.2) is 18.8 Å². The first-order chi connectivity index (χ1) is 8.38. The van der Waals surface area contributed by atoms with Gasteiger partial charge in [-0.1, -0.05) is 6.07 Å². The third-order valence-electron chi connectivity index (χ3n) is 3.26. The molecule has 0 saturated heterocycles. The number of anilines is 1. The van der Waals surface area contributed by atoms with Gasteiger partial charge in [-0.3, -0.25) is 5.32 Å². The van der Waals surface area contributed by atoms with Crippen molar-refractivity contribution in [3.63, 3.8) is 0 Å². The molecule has 2 rings (SSSR count). The van der Waals surface area contributed by atoms with E-state index in [1.807, 2.05) is 0 Å². The monoisotopic (exact) mass is 260 g/mol. The minimum atomic E-state index is -4.20. The van der Waals surface area contributed by atoms with Crippen LogP contribution in [0, 0.1) is 0 Å². The Hall–Kier alpha value is -1.43. The van der Waals surface area contributed by atoms with E-state index in [2.05, 4.69) is 5.32 Å². The van der Waals surface area contributed by atoms with E-state index in [1.54, 1.807) is 18.2 Å². The van der Waals surface area contributed by atoms with Gasteiger partial charge in [-0.15, -0.1) is 0 Å². The molecule has 6 heteroatoms. The second-order valence-electron chi connectivity index (χ2n) is 4.50. The Labute approximate surface area is 103 Å². The van der Waals surface area contributed by atoms with Crippen LogP contribution >= 0.6 is 0 Å². The Morgan fingerprint density at radius 3 is 2.50 bits per heavy atom. The molecule has 0 unspecified atom stereocenters. The number of benzene rings is 1. The van der Waals surface area contributed by atoms with Crippen molar-refractivity contribution in [3.05, 3.63) is 23.8 Å². The van der Waals surface area contributed by atoms with Crippen molar-refractivity contribution < 1.29 is 17.9 Å². The number of hydrogen-bond donors (Lipinski definition) is 2. The maximum atomic E-state index is 12.7. The van der Waals surface area contributed by atoms with E-state index in [-0.39, 0.29) is 19.4 Å². The molecule has 1 aliphatic rings. The van der Waals surface area contributed by atoms with Crippen molar-refractivity contribution in [2.75, 3.05) is 12.8 Å². The van der Waals surface area contributed by atoms with E-state index < -0.39 is 11.7 Å². The van der Waals surface area contributed by atoms with Gasteiger partial charge in [-0.2, -0.15) is 13.2 Å². The molecule has 3 N–H and O–H groups in total. The molecule has 100 valence electrons. The molecule has 18 heavy (non-hydrogen) atoms. The summed E-state index contributed by atoms with van der Waals surface area (Å²) in [4.78, 5) is 0. The van der Waals surface area contributed by atoms with Gasteiger partial charge in [0.1, 0.15) is 11.3 Å². The first kappa shape index (κ1) is 13.0. The lowest BCUT2D eigenvalue weighted by molar-refractivity contribution is -0.166. The summed E-state index contributed by atoms with van der Waals surface area (Å²) in [5.74, 6) is 0.591. The predicted molar refractivity (Wildman–Crippen MR) is 62.3 cm³/mol. The second kappa shape index (κ2) is 4.35. The lowest BCUT2D eigenvalue weighted by atomic mass is 10.1. The van der Waals surface area contributed by atoms with Gasteiger partial charge in [-0.25, -0.2) is 0 Å². The molecule has 0 radical (unpaired) electrons. The molecule has 0 aromatic heterocycles. The summed E-state index contributed by atoms with van der Waals surface area (Å²) in [6.07, 6.45) is -3.94. The number of rotatable bonds is 4. The molecular weight excluding hydrogens is 245 g/mol. The molecular formula is C12H15F3N2O. The van der Waals surface area contributed by atoms with Crippen LogP contribution in [0.1, 0.15) is 18.4 Å². The van der Waals surface area contributed by atoms with Crippen LogP contribution in [0.3, 0.4) is 0 Å². The zero-order chi connectivity index (χ0) is 13.4. The number of halogens is 3. The molecule has 0 bridgehead atoms. The quantitative estimate of drug-likeness (QED) is 0.817. The molecule has 1 aromatic carbocycles. The van der Waals surface area contributed by atoms with Gasteiger partial charge in [0.2, 0.25) is 0 Å². The Bertz CT molecular complexity index is 441. The van der Waals surface area contributed by atoms with E-state index in [4.69, 9.17) is 10.5 Å². The molecule has 0 spiro atoms. The maximum absolute atomic E-state index is 12.7. The molecule has 0 atom stereocenters. The molecule has 1 fully saturated rings. The normalized spacial score (nSPS) is 17.6. The molecule has 1 saturated carbocycles. The van der Waals surface area contributed by atoms with Crippen molar-refractivity contribution in [3.8, 4) is 5.75 Å². The lowest BCUT2D eigenvalue weighted by Crippen LogP contribution is -2.44. The largest absolute Gasteiger partial charge is 0.497 e. The van der Waals surface area contributed by atoms with Gasteiger partial charge in [-0.05, 0) is 24.5 Å². The fourth-order valence-corrected chi connectivity index (χ4v) is 1.81. The van der Waals surface area contributed by atoms with Gasteiger partial charge < -0.3 is 10.5 Å². The Balaban J connectivity index is 2.03. The van der Waals surface area contributed by atoms with E-state index in [1.165, 1.54) is 7.11 Å². The number of alkyl halides is 3. The molecule has 0 heterocycles. The topological polar surface area (TPSA) is 47.3 Å². The molecule has 3 nitrogen and oxygen atoms in total. The first-order valence-corrected chi connectivity index (χ1v) is 5.62. The second-order valence-corrected chi connectivity index (χ2v) is 4.50. The first-order valence-electron chi connectivity index (χ1n) is 5.62. The number of ether oxygens (including phenoxy) is 1. The van der Waals surface area contributed by atoms with Crippen molar-refractivity contribution in [2.45, 2.75) is 31.1 Å². The van der Waals surface area contributed by atoms with Gasteiger partial charge in [0.25, 0.3) is 0 Å². The standard InChI is InChI=1S/C12H15F3N2O/c1-18-9-3-2-8(10(16)6-9)7-17-11(4-5-11)12(13,14)15/h2-3,6,17H,4-5,7,16H2,1H3. The summed E-state index contributed by atoms with van der Waals surface area (Å²) in [6, 6.07) is 4.96. The van der Waals surface area contributed by atoms with Crippen LogP contribution in [0.25, 0.3) is 0 Å². The third kappa shape index (κ3) is 2.38. The Morgan fingerprint density at radius 1 is 1.39 bits per heavy atom. The zero-order valence-corrected chi connectivity index (χ0v) is 9.97. The molecule has 1 aromatic rings. The van der Waals surface area contributed by atoms with E-state index >= 15 is 0 Å². The smallest absolute Gasteiger partial charge is 0.406 e. The summed E-state index contributed by atoms with van der Waals surface area (Å²) < 4.78 is 43.1. The minimum Gasteiger partial charge on any atom is -0.497 e. The fourth-order valence-electron chi connectivity index (χ4n) is 1.81. The van der Waals surface area contributed by atoms with Crippen LogP contribution in [0.2, 0.25) is 0 Å². The SMILES string of the molecule is COc1ccc(CNC2(C(F)(F)F)CC2)c(N)c1. The Kier molecular flexibility index (Phi) is 3.14. The van der Waals surface area contributed by atoms with E-state index in [9.17, 15) is 13.2 Å². The van der Waals surface area contributed by atoms with Gasteiger partial charge in [0.15, 0.2) is 0 Å². The van der Waals surface area contributed by atoms with Crippen molar-refractivity contribution >= 4 is 5.69 Å². The van der Waals surface area contributed by atoms with Crippen LogP contribution in [0.4, 0.5) is 18.9 Å². The summed E-state index contributed by atoms with van der Waals surface area (Å²) in [5, 5.41) is 2.56. The van der Waals surface area contributed by atoms with Crippen molar-refractivity contribution in [1.82, 2.24) is 5.32 Å². The fraction of sp³-hybridized carbons (Fsp3) is 0.500. The van der Waals surface area contributed by atoms with Crippen molar-refractivity contribution in [1.29, 1.82) is 0 Å². The summed E-state index contributed by atoms with van der Waals surface area (Å²) in [6.45, 7) is 0.106. The maximum Gasteiger partial charge on any atom is 0.406 e. The van der Waals surface area contributed by atoms with Crippen molar-refractivity contribution in [2.24, 2.45) is 0 Å².